The largest absolute Gasteiger partial charge is 0.495 e. The van der Waals surface area contributed by atoms with Crippen molar-refractivity contribution in [1.29, 1.82) is 0 Å². The molecule has 0 atom stereocenters. The van der Waals surface area contributed by atoms with Crippen LogP contribution in [0.15, 0.2) is 18.2 Å². The molecule has 0 spiro atoms. The molecule has 0 saturated carbocycles. The van der Waals surface area contributed by atoms with Gasteiger partial charge in [-0.2, -0.15) is 0 Å². The number of ketones is 1. The van der Waals surface area contributed by atoms with Gasteiger partial charge >= 0.3 is 0 Å². The molecule has 5 nitrogen and oxygen atoms in total. The lowest BCUT2D eigenvalue weighted by atomic mass is 10.1. The van der Waals surface area contributed by atoms with Gasteiger partial charge < -0.3 is 15.8 Å². The van der Waals surface area contributed by atoms with Crippen LogP contribution in [0.2, 0.25) is 0 Å². The minimum absolute atomic E-state index is 0.101. The Hall–Kier alpha value is -2.04. The number of anilines is 1. The van der Waals surface area contributed by atoms with Crippen molar-refractivity contribution in [1.82, 2.24) is 5.32 Å². The highest BCUT2D eigenvalue weighted by molar-refractivity contribution is 5.98. The van der Waals surface area contributed by atoms with E-state index in [1.165, 1.54) is 7.11 Å². The van der Waals surface area contributed by atoms with Gasteiger partial charge in [-0.1, -0.05) is 0 Å². The van der Waals surface area contributed by atoms with Crippen molar-refractivity contribution in [2.24, 2.45) is 0 Å². The molecule has 98 valence electrons. The van der Waals surface area contributed by atoms with E-state index >= 15 is 0 Å². The highest BCUT2D eigenvalue weighted by atomic mass is 16.5. The van der Waals surface area contributed by atoms with Gasteiger partial charge in [-0.3, -0.25) is 9.59 Å². The molecule has 0 radical (unpaired) electrons. The highest BCUT2D eigenvalue weighted by Crippen LogP contribution is 2.22. The number of methoxy groups -OCH3 is 1. The van der Waals surface area contributed by atoms with Crippen LogP contribution in [0.1, 0.15) is 30.1 Å². The fourth-order valence-corrected chi connectivity index (χ4v) is 1.56. The Balaban J connectivity index is 2.62. The molecule has 0 unspecified atom stereocenters. The van der Waals surface area contributed by atoms with E-state index < -0.39 is 0 Å². The summed E-state index contributed by atoms with van der Waals surface area (Å²) in [5.74, 6) is 0.318. The fourth-order valence-electron chi connectivity index (χ4n) is 1.56. The lowest BCUT2D eigenvalue weighted by Gasteiger charge is -2.06. The molecule has 0 aliphatic rings. The average molecular weight is 250 g/mol. The number of carbonyl (C=O) groups excluding carboxylic acids is 2. The Bertz CT molecular complexity index is 444. The first-order chi connectivity index (χ1) is 8.58. The number of ether oxygens (including phenoxy) is 1. The summed E-state index contributed by atoms with van der Waals surface area (Å²) in [6.45, 7) is 2.41. The van der Waals surface area contributed by atoms with Crippen molar-refractivity contribution in [3.05, 3.63) is 23.8 Å². The van der Waals surface area contributed by atoms with E-state index in [2.05, 4.69) is 5.32 Å². The van der Waals surface area contributed by atoms with E-state index in [9.17, 15) is 9.59 Å². The van der Waals surface area contributed by atoms with Crippen LogP contribution in [0.3, 0.4) is 0 Å². The Morgan fingerprint density at radius 2 is 2.06 bits per heavy atom. The van der Waals surface area contributed by atoms with Crippen molar-refractivity contribution in [3.8, 4) is 5.75 Å². The zero-order chi connectivity index (χ0) is 13.5. The van der Waals surface area contributed by atoms with E-state index in [0.717, 1.165) is 0 Å². The first-order valence-corrected chi connectivity index (χ1v) is 5.82. The number of hydrogen-bond donors (Lipinski definition) is 2. The van der Waals surface area contributed by atoms with E-state index in [1.54, 1.807) is 18.2 Å². The Kier molecular flexibility index (Phi) is 5.17. The van der Waals surface area contributed by atoms with Gasteiger partial charge in [0.1, 0.15) is 5.75 Å². The number of carbonyl (C=O) groups is 2. The van der Waals surface area contributed by atoms with Gasteiger partial charge in [0.05, 0.1) is 12.8 Å². The van der Waals surface area contributed by atoms with E-state index in [4.69, 9.17) is 10.5 Å². The van der Waals surface area contributed by atoms with Gasteiger partial charge in [-0.25, -0.2) is 0 Å². The maximum absolute atomic E-state index is 11.8. The molecular weight excluding hydrogens is 232 g/mol. The van der Waals surface area contributed by atoms with Gasteiger partial charge in [0.2, 0.25) is 5.91 Å². The molecular formula is C13H18N2O3. The van der Waals surface area contributed by atoms with Crippen LogP contribution in [-0.2, 0) is 4.79 Å². The van der Waals surface area contributed by atoms with Crippen LogP contribution in [0.4, 0.5) is 5.69 Å². The SMILES string of the molecule is CCNC(=O)CCC(=O)c1ccc(OC)c(N)c1. The minimum atomic E-state index is -0.118. The number of hydrogen-bond acceptors (Lipinski definition) is 4. The number of nitrogens with one attached hydrogen (secondary N) is 1. The van der Waals surface area contributed by atoms with Gasteiger partial charge in [0.25, 0.3) is 0 Å². The standard InChI is InChI=1S/C13H18N2O3/c1-3-15-13(17)7-5-11(16)9-4-6-12(18-2)10(14)8-9/h4,6,8H,3,5,7,14H2,1-2H3,(H,15,17). The van der Waals surface area contributed by atoms with Crippen molar-refractivity contribution >= 4 is 17.4 Å². The maximum atomic E-state index is 11.8. The smallest absolute Gasteiger partial charge is 0.220 e. The first kappa shape index (κ1) is 14.0. The summed E-state index contributed by atoms with van der Waals surface area (Å²) in [5.41, 5.74) is 6.63. The highest BCUT2D eigenvalue weighted by Gasteiger charge is 2.10. The summed E-state index contributed by atoms with van der Waals surface area (Å²) in [4.78, 5) is 23.1. The van der Waals surface area contributed by atoms with Crippen LogP contribution in [-0.4, -0.2) is 25.3 Å². The third kappa shape index (κ3) is 3.76. The fraction of sp³-hybridized carbons (Fsp3) is 0.385. The third-order valence-corrected chi connectivity index (χ3v) is 2.50. The molecule has 1 aromatic carbocycles. The lowest BCUT2D eigenvalue weighted by molar-refractivity contribution is -0.120. The normalized spacial score (nSPS) is 9.89. The van der Waals surface area contributed by atoms with E-state index in [1.807, 2.05) is 6.92 Å². The zero-order valence-corrected chi connectivity index (χ0v) is 10.7. The van der Waals surface area contributed by atoms with Gasteiger partial charge in [0, 0.05) is 24.9 Å². The molecule has 1 amide bonds. The Morgan fingerprint density at radius 3 is 2.61 bits per heavy atom. The number of amides is 1. The van der Waals surface area contributed by atoms with Crippen molar-refractivity contribution in [3.63, 3.8) is 0 Å². The molecule has 0 aliphatic carbocycles. The molecule has 18 heavy (non-hydrogen) atoms. The molecule has 3 N–H and O–H groups in total. The lowest BCUT2D eigenvalue weighted by Crippen LogP contribution is -2.23. The summed E-state index contributed by atoms with van der Waals surface area (Å²) in [6, 6.07) is 4.86. The molecule has 0 fully saturated rings. The van der Waals surface area contributed by atoms with Crippen LogP contribution in [0.5, 0.6) is 5.75 Å². The minimum Gasteiger partial charge on any atom is -0.495 e. The maximum Gasteiger partial charge on any atom is 0.220 e. The summed E-state index contributed by atoms with van der Waals surface area (Å²) >= 11 is 0. The molecule has 0 bridgehead atoms. The number of Topliss-reactive ketones (excluding diaryl/α,β-unsaturated/α-hetero) is 1. The predicted octanol–water partition coefficient (Wildman–Crippen LogP) is 1.38. The summed E-state index contributed by atoms with van der Waals surface area (Å²) in [5, 5.41) is 2.65. The topological polar surface area (TPSA) is 81.4 Å². The summed E-state index contributed by atoms with van der Waals surface area (Å²) < 4.78 is 5.01. The van der Waals surface area contributed by atoms with E-state index in [0.29, 0.717) is 23.5 Å². The average Bonchev–Trinajstić information content (AvgIpc) is 2.36. The van der Waals surface area contributed by atoms with Gasteiger partial charge in [-0.05, 0) is 25.1 Å². The molecule has 5 heteroatoms. The van der Waals surface area contributed by atoms with Crippen molar-refractivity contribution < 1.29 is 14.3 Å². The molecule has 0 aliphatic heterocycles. The monoisotopic (exact) mass is 250 g/mol. The van der Waals surface area contributed by atoms with Crippen LogP contribution >= 0.6 is 0 Å². The quantitative estimate of drug-likeness (QED) is 0.590. The van der Waals surface area contributed by atoms with Gasteiger partial charge in [-0.15, -0.1) is 0 Å². The Labute approximate surface area is 106 Å². The number of rotatable bonds is 6. The second-order valence-electron chi connectivity index (χ2n) is 3.83. The van der Waals surface area contributed by atoms with E-state index in [-0.39, 0.29) is 24.5 Å². The third-order valence-electron chi connectivity index (χ3n) is 2.50. The van der Waals surface area contributed by atoms with Crippen LogP contribution in [0.25, 0.3) is 0 Å². The number of nitrogens with two attached hydrogens (primary N) is 1. The Morgan fingerprint density at radius 1 is 1.33 bits per heavy atom. The van der Waals surface area contributed by atoms with Crippen molar-refractivity contribution in [2.45, 2.75) is 19.8 Å². The van der Waals surface area contributed by atoms with Crippen LogP contribution in [0, 0.1) is 0 Å². The number of nitrogen functional groups attached to an aromatic ring is 1. The van der Waals surface area contributed by atoms with Crippen LogP contribution < -0.4 is 15.8 Å². The summed E-state index contributed by atoms with van der Waals surface area (Å²) in [6.07, 6.45) is 0.371. The summed E-state index contributed by atoms with van der Waals surface area (Å²) in [7, 11) is 1.52. The second-order valence-corrected chi connectivity index (χ2v) is 3.83. The van der Waals surface area contributed by atoms with Gasteiger partial charge in [0.15, 0.2) is 5.78 Å². The molecule has 0 saturated heterocycles. The molecule has 1 aromatic rings. The predicted molar refractivity (Wildman–Crippen MR) is 69.7 cm³/mol. The second kappa shape index (κ2) is 6.64. The zero-order valence-electron chi connectivity index (χ0n) is 10.7. The molecule has 0 heterocycles. The van der Waals surface area contributed by atoms with Crippen molar-refractivity contribution in [2.75, 3.05) is 19.4 Å². The first-order valence-electron chi connectivity index (χ1n) is 5.82. The molecule has 1 rings (SSSR count). The number of benzene rings is 1. The molecule has 0 aromatic heterocycles.